The zero-order chi connectivity index (χ0) is 9.14. The first kappa shape index (κ1) is 9.25. The largest absolute Gasteiger partial charge is 0.349 e. The van der Waals surface area contributed by atoms with E-state index in [4.69, 9.17) is 0 Å². The molecule has 5 heteroatoms. The molecule has 12 heavy (non-hydrogen) atoms. The molecule has 0 bridgehead atoms. The van der Waals surface area contributed by atoms with Crippen LogP contribution in [0.2, 0.25) is 0 Å². The molecule has 1 aromatic rings. The van der Waals surface area contributed by atoms with Gasteiger partial charge in [0.05, 0.1) is 10.7 Å². The highest BCUT2D eigenvalue weighted by Gasteiger charge is 2.11. The summed E-state index contributed by atoms with van der Waals surface area (Å²) in [5, 5.41) is 9.06. The molecule has 0 fully saturated rings. The molecular formula is C7H10BrN3O. The number of H-pyrrole nitrogens is 1. The van der Waals surface area contributed by atoms with Crippen LogP contribution < -0.4 is 5.32 Å². The van der Waals surface area contributed by atoms with Crippen LogP contribution in [0.15, 0.2) is 10.7 Å². The molecule has 0 aliphatic heterocycles. The van der Waals surface area contributed by atoms with Gasteiger partial charge in [0.15, 0.2) is 0 Å². The third-order valence-electron chi connectivity index (χ3n) is 1.24. The van der Waals surface area contributed by atoms with Crippen LogP contribution in [0, 0.1) is 0 Å². The molecule has 0 aliphatic carbocycles. The zero-order valence-electron chi connectivity index (χ0n) is 6.89. The number of aromatic amines is 1. The van der Waals surface area contributed by atoms with E-state index in [-0.39, 0.29) is 11.9 Å². The van der Waals surface area contributed by atoms with Gasteiger partial charge >= 0.3 is 0 Å². The van der Waals surface area contributed by atoms with E-state index in [0.29, 0.717) is 10.2 Å². The molecule has 1 heterocycles. The summed E-state index contributed by atoms with van der Waals surface area (Å²) < 4.78 is 0.681. The fraction of sp³-hybridized carbons (Fsp3) is 0.429. The second-order valence-corrected chi connectivity index (χ2v) is 3.58. The Morgan fingerprint density at radius 3 is 2.83 bits per heavy atom. The predicted octanol–water partition coefficient (Wildman–Crippen LogP) is 1.31. The normalized spacial score (nSPS) is 10.3. The van der Waals surface area contributed by atoms with Crippen molar-refractivity contribution in [1.29, 1.82) is 0 Å². The fourth-order valence-corrected chi connectivity index (χ4v) is 1.14. The molecule has 0 spiro atoms. The fourth-order valence-electron chi connectivity index (χ4n) is 0.765. The van der Waals surface area contributed by atoms with E-state index in [1.807, 2.05) is 13.8 Å². The van der Waals surface area contributed by atoms with Gasteiger partial charge in [-0.15, -0.1) is 0 Å². The first-order valence-electron chi connectivity index (χ1n) is 3.61. The van der Waals surface area contributed by atoms with Crippen LogP contribution >= 0.6 is 15.9 Å². The molecule has 0 aliphatic rings. The first-order chi connectivity index (χ1) is 5.61. The highest BCUT2D eigenvalue weighted by molar-refractivity contribution is 9.10. The highest BCUT2D eigenvalue weighted by atomic mass is 79.9. The van der Waals surface area contributed by atoms with E-state index >= 15 is 0 Å². The molecule has 0 radical (unpaired) electrons. The minimum atomic E-state index is -0.144. The van der Waals surface area contributed by atoms with Crippen LogP contribution in [-0.2, 0) is 0 Å². The number of rotatable bonds is 2. The van der Waals surface area contributed by atoms with Crippen LogP contribution in [0.4, 0.5) is 0 Å². The molecular weight excluding hydrogens is 222 g/mol. The third-order valence-corrected chi connectivity index (χ3v) is 1.84. The quantitative estimate of drug-likeness (QED) is 0.807. The van der Waals surface area contributed by atoms with Crippen LogP contribution in [-0.4, -0.2) is 22.1 Å². The van der Waals surface area contributed by atoms with Gasteiger partial charge in [0, 0.05) is 6.04 Å². The maximum Gasteiger partial charge on any atom is 0.270 e. The maximum absolute atomic E-state index is 11.3. The predicted molar refractivity (Wildman–Crippen MR) is 48.9 cm³/mol. The number of nitrogens with zero attached hydrogens (tertiary/aromatic N) is 1. The standard InChI is InChI=1S/C7H10BrN3O/c1-4(2)10-7(12)6-5(8)3-9-11-6/h3-4H,1-2H3,(H,9,11)(H,10,12). The van der Waals surface area contributed by atoms with E-state index in [0.717, 1.165) is 0 Å². The van der Waals surface area contributed by atoms with Crippen molar-refractivity contribution in [2.24, 2.45) is 0 Å². The topological polar surface area (TPSA) is 57.8 Å². The van der Waals surface area contributed by atoms with Crippen molar-refractivity contribution >= 4 is 21.8 Å². The highest BCUT2D eigenvalue weighted by Crippen LogP contribution is 2.12. The van der Waals surface area contributed by atoms with Gasteiger partial charge in [-0.2, -0.15) is 5.10 Å². The minimum Gasteiger partial charge on any atom is -0.349 e. The smallest absolute Gasteiger partial charge is 0.270 e. The Balaban J connectivity index is 2.72. The summed E-state index contributed by atoms with van der Waals surface area (Å²) >= 11 is 3.20. The van der Waals surface area contributed by atoms with Crippen LogP contribution in [0.25, 0.3) is 0 Å². The lowest BCUT2D eigenvalue weighted by atomic mass is 10.3. The minimum absolute atomic E-state index is 0.132. The van der Waals surface area contributed by atoms with Gasteiger partial charge in [0.2, 0.25) is 0 Å². The van der Waals surface area contributed by atoms with Crippen LogP contribution in [0.3, 0.4) is 0 Å². The number of amides is 1. The maximum atomic E-state index is 11.3. The average Bonchev–Trinajstić information content (AvgIpc) is 2.33. The summed E-state index contributed by atoms with van der Waals surface area (Å²) in [7, 11) is 0. The summed E-state index contributed by atoms with van der Waals surface area (Å²) in [5.41, 5.74) is 0.462. The monoisotopic (exact) mass is 231 g/mol. The summed E-state index contributed by atoms with van der Waals surface area (Å²) in [4.78, 5) is 11.3. The molecule has 0 saturated heterocycles. The van der Waals surface area contributed by atoms with Crippen molar-refractivity contribution in [1.82, 2.24) is 15.5 Å². The molecule has 0 atom stereocenters. The molecule has 2 N–H and O–H groups in total. The van der Waals surface area contributed by atoms with Crippen molar-refractivity contribution in [2.75, 3.05) is 0 Å². The Kier molecular flexibility index (Phi) is 2.86. The summed E-state index contributed by atoms with van der Waals surface area (Å²) in [6, 6.07) is 0.132. The number of carbonyl (C=O) groups is 1. The van der Waals surface area contributed by atoms with Crippen molar-refractivity contribution in [3.05, 3.63) is 16.4 Å². The molecule has 66 valence electrons. The average molecular weight is 232 g/mol. The second kappa shape index (κ2) is 3.71. The SMILES string of the molecule is CC(C)NC(=O)c1[nH]ncc1Br. The first-order valence-corrected chi connectivity index (χ1v) is 4.40. The van der Waals surface area contributed by atoms with Crippen molar-refractivity contribution in [3.63, 3.8) is 0 Å². The number of hydrogen-bond acceptors (Lipinski definition) is 2. The number of hydrogen-bond donors (Lipinski definition) is 2. The Morgan fingerprint density at radius 2 is 2.42 bits per heavy atom. The molecule has 1 rings (SSSR count). The van der Waals surface area contributed by atoms with Crippen molar-refractivity contribution in [2.45, 2.75) is 19.9 Å². The van der Waals surface area contributed by atoms with Gasteiger partial charge in [-0.05, 0) is 29.8 Å². The lowest BCUT2D eigenvalue weighted by Crippen LogP contribution is -2.30. The van der Waals surface area contributed by atoms with Gasteiger partial charge in [0.1, 0.15) is 5.69 Å². The van der Waals surface area contributed by atoms with Gasteiger partial charge in [-0.1, -0.05) is 0 Å². The molecule has 0 aromatic carbocycles. The van der Waals surface area contributed by atoms with E-state index in [9.17, 15) is 4.79 Å². The molecule has 1 aromatic heterocycles. The van der Waals surface area contributed by atoms with Crippen molar-refractivity contribution < 1.29 is 4.79 Å². The Hall–Kier alpha value is -0.840. The van der Waals surface area contributed by atoms with Gasteiger partial charge in [-0.3, -0.25) is 9.89 Å². The Morgan fingerprint density at radius 1 is 1.75 bits per heavy atom. The molecule has 0 unspecified atom stereocenters. The van der Waals surface area contributed by atoms with Crippen molar-refractivity contribution in [3.8, 4) is 0 Å². The Bertz CT molecular complexity index is 282. The van der Waals surface area contributed by atoms with Crippen LogP contribution in [0.5, 0.6) is 0 Å². The molecule has 1 amide bonds. The van der Waals surface area contributed by atoms with E-state index in [2.05, 4.69) is 31.4 Å². The summed E-state index contributed by atoms with van der Waals surface area (Å²) in [5.74, 6) is -0.144. The third kappa shape index (κ3) is 2.07. The van der Waals surface area contributed by atoms with E-state index < -0.39 is 0 Å². The molecule has 0 saturated carbocycles. The second-order valence-electron chi connectivity index (χ2n) is 2.72. The van der Waals surface area contributed by atoms with Gasteiger partial charge in [-0.25, -0.2) is 0 Å². The van der Waals surface area contributed by atoms with Crippen LogP contribution in [0.1, 0.15) is 24.3 Å². The van der Waals surface area contributed by atoms with Gasteiger partial charge < -0.3 is 5.32 Å². The number of nitrogens with one attached hydrogen (secondary N) is 2. The van der Waals surface area contributed by atoms with E-state index in [1.165, 1.54) is 0 Å². The van der Waals surface area contributed by atoms with E-state index in [1.54, 1.807) is 6.20 Å². The number of carbonyl (C=O) groups excluding carboxylic acids is 1. The lowest BCUT2D eigenvalue weighted by Gasteiger charge is -2.06. The van der Waals surface area contributed by atoms with Gasteiger partial charge in [0.25, 0.3) is 5.91 Å². The summed E-state index contributed by atoms with van der Waals surface area (Å²) in [6.07, 6.45) is 1.55. The Labute approximate surface area is 78.9 Å². The lowest BCUT2D eigenvalue weighted by molar-refractivity contribution is 0.0937. The number of aromatic nitrogens is 2. The number of halogens is 1. The summed E-state index contributed by atoms with van der Waals surface area (Å²) in [6.45, 7) is 3.81. The molecule has 4 nitrogen and oxygen atoms in total. The zero-order valence-corrected chi connectivity index (χ0v) is 8.47.